The van der Waals surface area contributed by atoms with E-state index in [1.54, 1.807) is 18.2 Å². The maximum Gasteiger partial charge on any atom is 0.240 e. The van der Waals surface area contributed by atoms with Crippen molar-refractivity contribution in [3.05, 3.63) is 40.1 Å². The van der Waals surface area contributed by atoms with E-state index in [2.05, 4.69) is 10.3 Å². The SMILES string of the molecule is COC(OC)C(=O)c1cn(-c2cc(Cl)cc(Cl)c2)nn1. The van der Waals surface area contributed by atoms with Gasteiger partial charge in [-0.15, -0.1) is 5.10 Å². The van der Waals surface area contributed by atoms with Gasteiger partial charge in [0, 0.05) is 24.3 Å². The van der Waals surface area contributed by atoms with Crippen molar-refractivity contribution < 1.29 is 14.3 Å². The zero-order valence-corrected chi connectivity index (χ0v) is 12.2. The van der Waals surface area contributed by atoms with E-state index in [-0.39, 0.29) is 5.69 Å². The standard InChI is InChI=1S/C12H11Cl2N3O3/c1-19-12(20-2)11(18)10-6-17(16-15-10)9-4-7(13)3-8(14)5-9/h3-6,12H,1-2H3. The number of carbonyl (C=O) groups is 1. The molecule has 2 aromatic rings. The Bertz CT molecular complexity index is 606. The molecule has 0 amide bonds. The molecule has 0 bridgehead atoms. The number of ether oxygens (including phenoxy) is 2. The molecule has 0 N–H and O–H groups in total. The summed E-state index contributed by atoms with van der Waals surface area (Å²) in [7, 11) is 2.74. The van der Waals surface area contributed by atoms with E-state index >= 15 is 0 Å². The molecule has 20 heavy (non-hydrogen) atoms. The zero-order chi connectivity index (χ0) is 14.7. The predicted octanol–water partition coefficient (Wildman–Crippen LogP) is 2.38. The summed E-state index contributed by atoms with van der Waals surface area (Å²) in [5.41, 5.74) is 0.718. The van der Waals surface area contributed by atoms with Gasteiger partial charge in [0.15, 0.2) is 5.69 Å². The smallest absolute Gasteiger partial charge is 0.240 e. The fraction of sp³-hybridized carbons (Fsp3) is 0.250. The minimum atomic E-state index is -1.01. The molecule has 0 fully saturated rings. The van der Waals surface area contributed by atoms with Gasteiger partial charge in [-0.05, 0) is 18.2 Å². The Hall–Kier alpha value is -1.47. The van der Waals surface area contributed by atoms with E-state index in [9.17, 15) is 4.79 Å². The first kappa shape index (κ1) is 14.9. The molecule has 0 spiro atoms. The number of carbonyl (C=O) groups excluding carboxylic acids is 1. The lowest BCUT2D eigenvalue weighted by molar-refractivity contribution is -0.0744. The lowest BCUT2D eigenvalue weighted by Crippen LogP contribution is -2.25. The number of nitrogens with zero attached hydrogens (tertiary/aromatic N) is 3. The Morgan fingerprint density at radius 3 is 2.35 bits per heavy atom. The molecule has 1 heterocycles. The van der Waals surface area contributed by atoms with E-state index in [0.717, 1.165) is 0 Å². The average molecular weight is 316 g/mol. The van der Waals surface area contributed by atoms with Gasteiger partial charge >= 0.3 is 0 Å². The van der Waals surface area contributed by atoms with Crippen LogP contribution in [0.4, 0.5) is 0 Å². The summed E-state index contributed by atoms with van der Waals surface area (Å²) in [6.45, 7) is 0. The molecular weight excluding hydrogens is 305 g/mol. The molecule has 0 unspecified atom stereocenters. The number of halogens is 2. The number of hydrogen-bond acceptors (Lipinski definition) is 5. The summed E-state index contributed by atoms with van der Waals surface area (Å²) in [4.78, 5) is 12.0. The molecule has 6 nitrogen and oxygen atoms in total. The van der Waals surface area contributed by atoms with E-state index in [0.29, 0.717) is 15.7 Å². The van der Waals surface area contributed by atoms with Gasteiger partial charge in [-0.25, -0.2) is 4.68 Å². The second-order valence-corrected chi connectivity index (χ2v) is 4.72. The molecule has 0 aliphatic heterocycles. The van der Waals surface area contributed by atoms with Crippen LogP contribution in [0.25, 0.3) is 5.69 Å². The van der Waals surface area contributed by atoms with Crippen molar-refractivity contribution in [1.29, 1.82) is 0 Å². The third kappa shape index (κ3) is 3.16. The number of hydrogen-bond donors (Lipinski definition) is 0. The van der Waals surface area contributed by atoms with Crippen molar-refractivity contribution >= 4 is 29.0 Å². The molecule has 1 aromatic carbocycles. The summed E-state index contributed by atoms with van der Waals surface area (Å²) in [5.74, 6) is -0.422. The Balaban J connectivity index is 2.31. The molecule has 8 heteroatoms. The van der Waals surface area contributed by atoms with Gasteiger partial charge in [0.1, 0.15) is 0 Å². The summed E-state index contributed by atoms with van der Waals surface area (Å²) >= 11 is 11.8. The van der Waals surface area contributed by atoms with Crippen molar-refractivity contribution in [3.8, 4) is 5.69 Å². The number of ketones is 1. The second-order valence-electron chi connectivity index (χ2n) is 3.84. The van der Waals surface area contributed by atoms with Crippen LogP contribution in [-0.2, 0) is 9.47 Å². The Morgan fingerprint density at radius 1 is 1.20 bits per heavy atom. The monoisotopic (exact) mass is 315 g/mol. The predicted molar refractivity (Wildman–Crippen MR) is 73.5 cm³/mol. The fourth-order valence-electron chi connectivity index (χ4n) is 1.61. The molecule has 0 saturated carbocycles. The summed E-state index contributed by atoms with van der Waals surface area (Å²) in [5, 5.41) is 8.57. The maximum absolute atomic E-state index is 12.0. The van der Waals surface area contributed by atoms with Crippen molar-refractivity contribution in [2.45, 2.75) is 6.29 Å². The maximum atomic E-state index is 12.0. The minimum absolute atomic E-state index is 0.120. The van der Waals surface area contributed by atoms with Gasteiger partial charge in [0.2, 0.25) is 12.1 Å². The normalized spacial score (nSPS) is 11.1. The lowest BCUT2D eigenvalue weighted by Gasteiger charge is -2.09. The summed E-state index contributed by atoms with van der Waals surface area (Å²) in [6, 6.07) is 4.91. The summed E-state index contributed by atoms with van der Waals surface area (Å²) in [6.07, 6.45) is 0.443. The first-order valence-corrected chi connectivity index (χ1v) is 6.29. The quantitative estimate of drug-likeness (QED) is 0.626. The Morgan fingerprint density at radius 2 is 1.80 bits per heavy atom. The van der Waals surface area contributed by atoms with Crippen molar-refractivity contribution in [2.75, 3.05) is 14.2 Å². The van der Waals surface area contributed by atoms with Crippen LogP contribution in [0.2, 0.25) is 10.0 Å². The van der Waals surface area contributed by atoms with Gasteiger partial charge in [-0.1, -0.05) is 28.4 Å². The van der Waals surface area contributed by atoms with E-state index in [1.165, 1.54) is 25.1 Å². The van der Waals surface area contributed by atoms with E-state index < -0.39 is 12.1 Å². The van der Waals surface area contributed by atoms with Gasteiger partial charge in [0.05, 0.1) is 11.9 Å². The molecule has 1 aromatic heterocycles. The van der Waals surface area contributed by atoms with Gasteiger partial charge < -0.3 is 9.47 Å². The Labute approximate surface area is 125 Å². The number of rotatable bonds is 5. The number of benzene rings is 1. The number of Topliss-reactive ketones (excluding diaryl/α,β-unsaturated/α-hetero) is 1. The third-order valence-corrected chi connectivity index (χ3v) is 2.94. The van der Waals surface area contributed by atoms with Crippen LogP contribution in [-0.4, -0.2) is 41.3 Å². The highest BCUT2D eigenvalue weighted by atomic mass is 35.5. The minimum Gasteiger partial charge on any atom is -0.349 e. The van der Waals surface area contributed by atoms with Crippen LogP contribution in [0, 0.1) is 0 Å². The molecular formula is C12H11Cl2N3O3. The first-order valence-electron chi connectivity index (χ1n) is 5.53. The van der Waals surface area contributed by atoms with Crippen LogP contribution in [0.5, 0.6) is 0 Å². The highest BCUT2D eigenvalue weighted by Crippen LogP contribution is 2.21. The van der Waals surface area contributed by atoms with Crippen LogP contribution < -0.4 is 0 Å². The molecule has 106 valence electrons. The molecule has 0 aliphatic carbocycles. The van der Waals surface area contributed by atoms with Gasteiger partial charge in [0.25, 0.3) is 0 Å². The zero-order valence-electron chi connectivity index (χ0n) is 10.7. The first-order chi connectivity index (χ1) is 9.55. The highest BCUT2D eigenvalue weighted by molar-refractivity contribution is 6.34. The summed E-state index contributed by atoms with van der Waals surface area (Å²) < 4.78 is 11.2. The van der Waals surface area contributed by atoms with Crippen molar-refractivity contribution in [2.24, 2.45) is 0 Å². The van der Waals surface area contributed by atoms with E-state index in [1.807, 2.05) is 0 Å². The van der Waals surface area contributed by atoms with Crippen molar-refractivity contribution in [1.82, 2.24) is 15.0 Å². The molecule has 2 rings (SSSR count). The number of aromatic nitrogens is 3. The van der Waals surface area contributed by atoms with E-state index in [4.69, 9.17) is 32.7 Å². The average Bonchev–Trinajstić information content (AvgIpc) is 2.88. The second kappa shape index (κ2) is 6.32. The fourth-order valence-corrected chi connectivity index (χ4v) is 2.12. The van der Waals surface area contributed by atoms with Gasteiger partial charge in [-0.3, -0.25) is 4.79 Å². The van der Waals surface area contributed by atoms with Crippen LogP contribution in [0.3, 0.4) is 0 Å². The molecule has 0 atom stereocenters. The largest absolute Gasteiger partial charge is 0.349 e. The molecule has 0 saturated heterocycles. The number of methoxy groups -OCH3 is 2. The molecule has 0 radical (unpaired) electrons. The Kier molecular flexibility index (Phi) is 4.72. The third-order valence-electron chi connectivity index (χ3n) is 2.50. The highest BCUT2D eigenvalue weighted by Gasteiger charge is 2.22. The van der Waals surface area contributed by atoms with Gasteiger partial charge in [-0.2, -0.15) is 0 Å². The topological polar surface area (TPSA) is 66.2 Å². The van der Waals surface area contributed by atoms with Crippen LogP contribution in [0.15, 0.2) is 24.4 Å². The van der Waals surface area contributed by atoms with Crippen LogP contribution in [0.1, 0.15) is 10.5 Å². The van der Waals surface area contributed by atoms with Crippen molar-refractivity contribution in [3.63, 3.8) is 0 Å². The molecule has 0 aliphatic rings. The lowest BCUT2D eigenvalue weighted by atomic mass is 10.3. The van der Waals surface area contributed by atoms with Crippen LogP contribution >= 0.6 is 23.2 Å².